The molecule has 0 radical (unpaired) electrons. The van der Waals surface area contributed by atoms with Gasteiger partial charge in [0, 0.05) is 24.2 Å². The van der Waals surface area contributed by atoms with E-state index in [1.165, 1.54) is 11.6 Å². The zero-order valence-corrected chi connectivity index (χ0v) is 18.5. The largest absolute Gasteiger partial charge is 0.335 e. The van der Waals surface area contributed by atoms with Crippen LogP contribution >= 0.6 is 11.6 Å². The monoisotopic (exact) mass is 435 g/mol. The van der Waals surface area contributed by atoms with E-state index in [1.54, 1.807) is 15.7 Å². The molecule has 1 aromatic heterocycles. The van der Waals surface area contributed by atoms with Gasteiger partial charge in [0.05, 0.1) is 23.7 Å². The zero-order valence-electron chi connectivity index (χ0n) is 16.9. The first kappa shape index (κ1) is 21.6. The van der Waals surface area contributed by atoms with E-state index in [1.807, 2.05) is 45.0 Å². The highest BCUT2D eigenvalue weighted by molar-refractivity contribution is 7.91. The van der Waals surface area contributed by atoms with Gasteiger partial charge in [-0.25, -0.2) is 13.1 Å². The Hall–Kier alpha value is -2.12. The van der Waals surface area contributed by atoms with E-state index in [-0.39, 0.29) is 23.5 Å². The van der Waals surface area contributed by atoms with Crippen molar-refractivity contribution in [3.8, 4) is 0 Å². The van der Waals surface area contributed by atoms with Crippen LogP contribution < -0.4 is 0 Å². The van der Waals surface area contributed by atoms with E-state index in [0.29, 0.717) is 30.2 Å². The number of aromatic nitrogens is 2. The molecule has 1 aromatic carbocycles. The molecule has 8 heteroatoms. The summed E-state index contributed by atoms with van der Waals surface area (Å²) in [7, 11) is -3.05. The van der Waals surface area contributed by atoms with Crippen LogP contribution in [0.25, 0.3) is 6.08 Å². The number of carbonyl (C=O) groups is 1. The lowest BCUT2D eigenvalue weighted by Crippen LogP contribution is -2.40. The average molecular weight is 436 g/mol. The highest BCUT2D eigenvalue weighted by Gasteiger charge is 2.33. The number of aryl methyl sites for hydroxylation is 2. The topological polar surface area (TPSA) is 72.3 Å². The van der Waals surface area contributed by atoms with Crippen molar-refractivity contribution in [1.82, 2.24) is 14.7 Å². The van der Waals surface area contributed by atoms with Gasteiger partial charge in [0.1, 0.15) is 5.15 Å². The highest BCUT2D eigenvalue weighted by atomic mass is 35.5. The highest BCUT2D eigenvalue weighted by Crippen LogP contribution is 2.23. The molecule has 1 fully saturated rings. The summed E-state index contributed by atoms with van der Waals surface area (Å²) in [5.41, 5.74) is 3.71. The van der Waals surface area contributed by atoms with Crippen LogP contribution in [0.15, 0.2) is 30.3 Å². The number of likely N-dealkylation sites (N-methyl/N-ethyl adjacent to an activating group) is 1. The Morgan fingerprint density at radius 1 is 1.31 bits per heavy atom. The third-order valence-corrected chi connectivity index (χ3v) is 7.38. The molecule has 0 N–H and O–H groups in total. The predicted octanol–water partition coefficient (Wildman–Crippen LogP) is 3.25. The van der Waals surface area contributed by atoms with Gasteiger partial charge in [-0.05, 0) is 38.8 Å². The van der Waals surface area contributed by atoms with Gasteiger partial charge in [0.2, 0.25) is 5.91 Å². The van der Waals surface area contributed by atoms with Crippen molar-refractivity contribution in [3.63, 3.8) is 0 Å². The Kier molecular flexibility index (Phi) is 6.49. The number of nitrogens with zero attached hydrogens (tertiary/aromatic N) is 3. The van der Waals surface area contributed by atoms with Crippen molar-refractivity contribution in [1.29, 1.82) is 0 Å². The van der Waals surface area contributed by atoms with Gasteiger partial charge in [-0.1, -0.05) is 41.4 Å². The molecule has 1 aliphatic rings. The molecule has 3 rings (SSSR count). The van der Waals surface area contributed by atoms with Crippen LogP contribution in [0.2, 0.25) is 5.15 Å². The van der Waals surface area contributed by atoms with Crippen LogP contribution in [0.5, 0.6) is 0 Å². The van der Waals surface area contributed by atoms with Gasteiger partial charge in [-0.2, -0.15) is 5.10 Å². The summed E-state index contributed by atoms with van der Waals surface area (Å²) in [5, 5.41) is 4.97. The van der Waals surface area contributed by atoms with Gasteiger partial charge in [-0.3, -0.25) is 4.79 Å². The molecule has 2 heterocycles. The zero-order chi connectivity index (χ0) is 21.2. The second-order valence-electron chi connectivity index (χ2n) is 7.45. The van der Waals surface area contributed by atoms with Crippen molar-refractivity contribution in [2.75, 3.05) is 18.1 Å². The molecule has 0 spiro atoms. The number of hydrogen-bond acceptors (Lipinski definition) is 4. The fraction of sp³-hybridized carbons (Fsp3) is 0.429. The molecule has 1 amide bonds. The van der Waals surface area contributed by atoms with Gasteiger partial charge in [-0.15, -0.1) is 0 Å². The number of amides is 1. The summed E-state index contributed by atoms with van der Waals surface area (Å²) in [6, 6.07) is 7.90. The minimum absolute atomic E-state index is 0.0364. The lowest BCUT2D eigenvalue weighted by atomic mass is 10.1. The van der Waals surface area contributed by atoms with Crippen molar-refractivity contribution < 1.29 is 13.2 Å². The SMILES string of the molecule is CCN(C(=O)/C=C/c1c(C)nn(Cc2ccc(C)cc2)c1Cl)C1CCS(=O)(=O)C1. The summed E-state index contributed by atoms with van der Waals surface area (Å²) in [4.78, 5) is 14.3. The number of hydrogen-bond donors (Lipinski definition) is 0. The Morgan fingerprint density at radius 3 is 2.59 bits per heavy atom. The van der Waals surface area contributed by atoms with Crippen LogP contribution in [-0.4, -0.2) is 53.1 Å². The minimum Gasteiger partial charge on any atom is -0.335 e. The molecule has 0 saturated carbocycles. The Morgan fingerprint density at radius 2 is 2.00 bits per heavy atom. The summed E-state index contributed by atoms with van der Waals surface area (Å²) < 4.78 is 25.2. The van der Waals surface area contributed by atoms with E-state index < -0.39 is 9.84 Å². The lowest BCUT2D eigenvalue weighted by molar-refractivity contribution is -0.127. The molecule has 1 aliphatic heterocycles. The van der Waals surface area contributed by atoms with E-state index >= 15 is 0 Å². The molecule has 6 nitrogen and oxygen atoms in total. The fourth-order valence-electron chi connectivity index (χ4n) is 3.59. The second-order valence-corrected chi connectivity index (χ2v) is 10.0. The molecule has 2 aromatic rings. The first-order valence-electron chi connectivity index (χ1n) is 9.67. The van der Waals surface area contributed by atoms with Crippen LogP contribution in [0.1, 0.15) is 35.7 Å². The van der Waals surface area contributed by atoms with E-state index in [0.717, 1.165) is 11.3 Å². The van der Waals surface area contributed by atoms with Crippen molar-refractivity contribution >= 4 is 33.4 Å². The minimum atomic E-state index is -3.05. The molecule has 0 bridgehead atoms. The standard InChI is InChI=1S/C21H26ClN3O3S/c1-4-24(18-11-12-29(27,28)14-18)20(26)10-9-19-16(3)23-25(21(19)22)13-17-7-5-15(2)6-8-17/h5-10,18H,4,11-14H2,1-3H3/b10-9+. The van der Waals surface area contributed by atoms with Crippen molar-refractivity contribution in [2.24, 2.45) is 0 Å². The summed E-state index contributed by atoms with van der Waals surface area (Å²) in [6.07, 6.45) is 3.62. The maximum Gasteiger partial charge on any atom is 0.246 e. The molecule has 156 valence electrons. The smallest absolute Gasteiger partial charge is 0.246 e. The van der Waals surface area contributed by atoms with Crippen LogP contribution in [0, 0.1) is 13.8 Å². The van der Waals surface area contributed by atoms with E-state index in [2.05, 4.69) is 5.10 Å². The van der Waals surface area contributed by atoms with Gasteiger partial charge >= 0.3 is 0 Å². The third kappa shape index (κ3) is 5.08. The molecule has 1 unspecified atom stereocenters. The summed E-state index contributed by atoms with van der Waals surface area (Å²) >= 11 is 6.52. The first-order chi connectivity index (χ1) is 13.7. The average Bonchev–Trinajstić information content (AvgIpc) is 3.15. The lowest BCUT2D eigenvalue weighted by Gasteiger charge is -2.25. The maximum atomic E-state index is 12.7. The third-order valence-electron chi connectivity index (χ3n) is 5.23. The predicted molar refractivity (Wildman–Crippen MR) is 116 cm³/mol. The van der Waals surface area contributed by atoms with Crippen LogP contribution in [-0.2, 0) is 21.2 Å². The quantitative estimate of drug-likeness (QED) is 0.653. The van der Waals surface area contributed by atoms with Gasteiger partial charge < -0.3 is 4.90 Å². The number of benzene rings is 1. The van der Waals surface area contributed by atoms with E-state index in [4.69, 9.17) is 11.6 Å². The van der Waals surface area contributed by atoms with Crippen LogP contribution in [0.4, 0.5) is 0 Å². The van der Waals surface area contributed by atoms with Crippen LogP contribution in [0.3, 0.4) is 0 Å². The number of halogens is 1. The van der Waals surface area contributed by atoms with Crippen molar-refractivity contribution in [2.45, 2.75) is 39.8 Å². The Labute approximate surface area is 177 Å². The number of sulfone groups is 1. The fourth-order valence-corrected chi connectivity index (χ4v) is 5.62. The number of rotatable bonds is 6. The number of carbonyl (C=O) groups excluding carboxylic acids is 1. The van der Waals surface area contributed by atoms with Crippen molar-refractivity contribution in [3.05, 3.63) is 57.9 Å². The van der Waals surface area contributed by atoms with Gasteiger partial charge in [0.15, 0.2) is 9.84 Å². The molecular weight excluding hydrogens is 410 g/mol. The molecule has 0 aliphatic carbocycles. The molecule has 1 atom stereocenters. The van der Waals surface area contributed by atoms with E-state index in [9.17, 15) is 13.2 Å². The molecule has 1 saturated heterocycles. The summed E-state index contributed by atoms with van der Waals surface area (Å²) in [5.74, 6) is -0.0346. The van der Waals surface area contributed by atoms with Gasteiger partial charge in [0.25, 0.3) is 0 Å². The summed E-state index contributed by atoms with van der Waals surface area (Å²) in [6.45, 7) is 6.75. The molecular formula is C21H26ClN3O3S. The maximum absolute atomic E-state index is 12.7. The normalized spacial score (nSPS) is 18.4. The Bertz CT molecular complexity index is 1030. The molecule has 29 heavy (non-hydrogen) atoms. The first-order valence-corrected chi connectivity index (χ1v) is 11.9. The Balaban J connectivity index is 1.75. The second kappa shape index (κ2) is 8.71.